The summed E-state index contributed by atoms with van der Waals surface area (Å²) in [6.45, 7) is 2.94. The van der Waals surface area contributed by atoms with Crippen molar-refractivity contribution < 1.29 is 4.79 Å². The number of halogens is 1. The third kappa shape index (κ3) is 4.05. The van der Waals surface area contributed by atoms with Crippen LogP contribution in [0.2, 0.25) is 5.02 Å². The highest BCUT2D eigenvalue weighted by atomic mass is 35.5. The average Bonchev–Trinajstić information content (AvgIpc) is 3.31. The maximum Gasteiger partial charge on any atom is 0.224 e. The highest BCUT2D eigenvalue weighted by Gasteiger charge is 2.44. The van der Waals surface area contributed by atoms with E-state index in [1.54, 1.807) is 0 Å². The van der Waals surface area contributed by atoms with Gasteiger partial charge in [0.1, 0.15) is 0 Å². The monoisotopic (exact) mass is 354 g/mol. The maximum absolute atomic E-state index is 12.5. The number of amides is 1. The molecule has 1 aliphatic carbocycles. The van der Waals surface area contributed by atoms with E-state index in [4.69, 9.17) is 11.6 Å². The van der Waals surface area contributed by atoms with Crippen molar-refractivity contribution in [1.29, 1.82) is 0 Å². The largest absolute Gasteiger partial charge is 0.352 e. The van der Waals surface area contributed by atoms with Crippen LogP contribution in [-0.4, -0.2) is 29.9 Å². The molecule has 1 aliphatic heterocycles. The molecule has 3 unspecified atom stereocenters. The van der Waals surface area contributed by atoms with E-state index in [2.05, 4.69) is 40.5 Å². The molecule has 4 heteroatoms. The first kappa shape index (κ1) is 16.6. The standard InChI is InChI=1S/C21H23ClN2O/c22-17-8-4-7-16(11-17)19-12-20(19)21(25)23-18-9-10-24(14-18)13-15-5-2-1-3-6-15/h1-8,11,18-20H,9-10,12-14H2,(H,23,25). The molecular formula is C21H23ClN2O. The van der Waals surface area contributed by atoms with Gasteiger partial charge in [-0.15, -0.1) is 0 Å². The molecule has 0 radical (unpaired) electrons. The maximum atomic E-state index is 12.5. The number of nitrogens with zero attached hydrogens (tertiary/aromatic N) is 1. The van der Waals surface area contributed by atoms with Crippen molar-refractivity contribution in [3.63, 3.8) is 0 Å². The van der Waals surface area contributed by atoms with Crippen molar-refractivity contribution in [2.24, 2.45) is 5.92 Å². The van der Waals surface area contributed by atoms with Crippen LogP contribution in [0, 0.1) is 5.92 Å². The number of hydrogen-bond donors (Lipinski definition) is 1. The van der Waals surface area contributed by atoms with Crippen LogP contribution in [0.1, 0.15) is 29.9 Å². The Morgan fingerprint density at radius 2 is 2.00 bits per heavy atom. The molecule has 1 amide bonds. The Kier molecular flexibility index (Phi) is 4.78. The predicted octanol–water partition coefficient (Wildman–Crippen LogP) is 3.83. The van der Waals surface area contributed by atoms with Crippen LogP contribution in [-0.2, 0) is 11.3 Å². The van der Waals surface area contributed by atoms with Gasteiger partial charge in [0.15, 0.2) is 0 Å². The molecule has 3 atom stereocenters. The van der Waals surface area contributed by atoms with Gasteiger partial charge in [-0.3, -0.25) is 9.69 Å². The highest BCUT2D eigenvalue weighted by molar-refractivity contribution is 6.30. The van der Waals surface area contributed by atoms with Crippen molar-refractivity contribution in [1.82, 2.24) is 10.2 Å². The first-order valence-electron chi connectivity index (χ1n) is 9.01. The molecule has 1 heterocycles. The van der Waals surface area contributed by atoms with Crippen molar-refractivity contribution in [2.45, 2.75) is 31.3 Å². The van der Waals surface area contributed by atoms with Crippen molar-refractivity contribution >= 4 is 17.5 Å². The van der Waals surface area contributed by atoms with Gasteiger partial charge in [-0.25, -0.2) is 0 Å². The van der Waals surface area contributed by atoms with Crippen LogP contribution in [0.4, 0.5) is 0 Å². The summed E-state index contributed by atoms with van der Waals surface area (Å²) < 4.78 is 0. The van der Waals surface area contributed by atoms with Gasteiger partial charge < -0.3 is 5.32 Å². The first-order chi connectivity index (χ1) is 12.2. The van der Waals surface area contributed by atoms with E-state index in [-0.39, 0.29) is 17.9 Å². The van der Waals surface area contributed by atoms with Gasteiger partial charge in [0.25, 0.3) is 0 Å². The summed E-state index contributed by atoms with van der Waals surface area (Å²) >= 11 is 6.06. The summed E-state index contributed by atoms with van der Waals surface area (Å²) in [7, 11) is 0. The number of benzene rings is 2. The minimum atomic E-state index is 0.113. The van der Waals surface area contributed by atoms with Crippen molar-refractivity contribution in [2.75, 3.05) is 13.1 Å². The third-order valence-electron chi connectivity index (χ3n) is 5.27. The summed E-state index contributed by atoms with van der Waals surface area (Å²) in [6.07, 6.45) is 1.97. The smallest absolute Gasteiger partial charge is 0.224 e. The number of hydrogen-bond acceptors (Lipinski definition) is 2. The number of carbonyl (C=O) groups is 1. The topological polar surface area (TPSA) is 32.3 Å². The van der Waals surface area contributed by atoms with Gasteiger partial charge >= 0.3 is 0 Å². The normalized spacial score (nSPS) is 25.7. The molecular weight excluding hydrogens is 332 g/mol. The fourth-order valence-corrected chi connectivity index (χ4v) is 4.03. The summed E-state index contributed by atoms with van der Waals surface area (Å²) in [6, 6.07) is 18.7. The van der Waals surface area contributed by atoms with Crippen LogP contribution in [0.15, 0.2) is 54.6 Å². The Balaban J connectivity index is 1.27. The molecule has 25 heavy (non-hydrogen) atoms. The van der Waals surface area contributed by atoms with Crippen LogP contribution in [0.25, 0.3) is 0 Å². The molecule has 0 spiro atoms. The Bertz CT molecular complexity index is 749. The lowest BCUT2D eigenvalue weighted by atomic mass is 10.1. The minimum absolute atomic E-state index is 0.113. The van der Waals surface area contributed by atoms with Gasteiger partial charge in [-0.1, -0.05) is 54.1 Å². The molecule has 0 aromatic heterocycles. The molecule has 130 valence electrons. The fourth-order valence-electron chi connectivity index (χ4n) is 3.83. The van der Waals surface area contributed by atoms with Gasteiger partial charge in [0.05, 0.1) is 0 Å². The van der Waals surface area contributed by atoms with E-state index in [0.29, 0.717) is 5.92 Å². The Morgan fingerprint density at radius 3 is 2.80 bits per heavy atom. The number of rotatable bonds is 5. The van der Waals surface area contributed by atoms with E-state index in [1.807, 2.05) is 24.3 Å². The lowest BCUT2D eigenvalue weighted by Gasteiger charge is -2.17. The van der Waals surface area contributed by atoms with Gasteiger partial charge in [0, 0.05) is 36.6 Å². The van der Waals surface area contributed by atoms with Crippen molar-refractivity contribution in [3.8, 4) is 0 Å². The second-order valence-corrected chi connectivity index (χ2v) is 7.66. The Labute approximate surface area is 154 Å². The molecule has 1 saturated heterocycles. The third-order valence-corrected chi connectivity index (χ3v) is 5.51. The lowest BCUT2D eigenvalue weighted by molar-refractivity contribution is -0.123. The molecule has 2 aromatic carbocycles. The molecule has 2 fully saturated rings. The molecule has 1 saturated carbocycles. The van der Waals surface area contributed by atoms with Gasteiger partial charge in [-0.05, 0) is 42.0 Å². The zero-order chi connectivity index (χ0) is 17.2. The van der Waals surface area contributed by atoms with E-state index in [1.165, 1.54) is 11.1 Å². The molecule has 4 rings (SSSR count). The van der Waals surface area contributed by atoms with Gasteiger partial charge in [0.2, 0.25) is 5.91 Å². The quantitative estimate of drug-likeness (QED) is 0.884. The Morgan fingerprint density at radius 1 is 1.16 bits per heavy atom. The van der Waals surface area contributed by atoms with Crippen LogP contribution >= 0.6 is 11.6 Å². The lowest BCUT2D eigenvalue weighted by Crippen LogP contribution is -2.38. The summed E-state index contributed by atoms with van der Waals surface area (Å²) in [4.78, 5) is 15.0. The van der Waals surface area contributed by atoms with Crippen LogP contribution in [0.3, 0.4) is 0 Å². The molecule has 2 aromatic rings. The molecule has 2 aliphatic rings. The molecule has 0 bridgehead atoms. The second-order valence-electron chi connectivity index (χ2n) is 7.22. The van der Waals surface area contributed by atoms with E-state index in [0.717, 1.165) is 37.5 Å². The second kappa shape index (κ2) is 7.19. The summed E-state index contributed by atoms with van der Waals surface area (Å²) in [5, 5.41) is 4.00. The van der Waals surface area contributed by atoms with E-state index >= 15 is 0 Å². The zero-order valence-electron chi connectivity index (χ0n) is 14.2. The first-order valence-corrected chi connectivity index (χ1v) is 9.39. The SMILES string of the molecule is O=C(NC1CCN(Cc2ccccc2)C1)C1CC1c1cccc(Cl)c1. The fraction of sp³-hybridized carbons (Fsp3) is 0.381. The molecule has 3 nitrogen and oxygen atoms in total. The number of nitrogens with one attached hydrogen (secondary N) is 1. The number of carbonyl (C=O) groups excluding carboxylic acids is 1. The van der Waals surface area contributed by atoms with Crippen LogP contribution < -0.4 is 5.32 Å². The van der Waals surface area contributed by atoms with Crippen LogP contribution in [0.5, 0.6) is 0 Å². The number of likely N-dealkylation sites (tertiary alicyclic amines) is 1. The Hall–Kier alpha value is -1.84. The summed E-state index contributed by atoms with van der Waals surface area (Å²) in [5.41, 5.74) is 2.52. The zero-order valence-corrected chi connectivity index (χ0v) is 15.0. The minimum Gasteiger partial charge on any atom is -0.352 e. The van der Waals surface area contributed by atoms with Crippen molar-refractivity contribution in [3.05, 3.63) is 70.7 Å². The van der Waals surface area contributed by atoms with Gasteiger partial charge in [-0.2, -0.15) is 0 Å². The molecule has 1 N–H and O–H groups in total. The highest BCUT2D eigenvalue weighted by Crippen LogP contribution is 2.48. The van der Waals surface area contributed by atoms with E-state index in [9.17, 15) is 4.79 Å². The average molecular weight is 355 g/mol. The van der Waals surface area contributed by atoms with E-state index < -0.39 is 0 Å². The summed E-state index contributed by atoms with van der Waals surface area (Å²) in [5.74, 6) is 0.652. The predicted molar refractivity (Wildman–Crippen MR) is 101 cm³/mol.